The lowest BCUT2D eigenvalue weighted by Gasteiger charge is -2.35. The van der Waals surface area contributed by atoms with Crippen LogP contribution in [-0.4, -0.2) is 66.1 Å². The summed E-state index contributed by atoms with van der Waals surface area (Å²) in [7, 11) is 0. The number of rotatable bonds is 5. The Morgan fingerprint density at radius 1 is 0.854 bits per heavy atom. The van der Waals surface area contributed by atoms with E-state index < -0.39 is 23.5 Å². The molecule has 2 saturated heterocycles. The van der Waals surface area contributed by atoms with Crippen LogP contribution in [0.1, 0.15) is 35.5 Å². The molecule has 0 saturated carbocycles. The Morgan fingerprint density at radius 3 is 2.15 bits per heavy atom. The monoisotopic (exact) mass is 611 g/mol. The van der Waals surface area contributed by atoms with E-state index in [0.717, 1.165) is 19.3 Å². The maximum atomic E-state index is 13.6. The van der Waals surface area contributed by atoms with Crippen LogP contribution in [-0.2, 0) is 6.18 Å². The largest absolute Gasteiger partial charge is 0.437 e. The van der Waals surface area contributed by atoms with Gasteiger partial charge in [-0.2, -0.15) is 18.2 Å². The van der Waals surface area contributed by atoms with Crippen LogP contribution in [0.3, 0.4) is 0 Å². The number of halogens is 5. The Morgan fingerprint density at radius 2 is 1.54 bits per heavy atom. The molecule has 41 heavy (non-hydrogen) atoms. The van der Waals surface area contributed by atoms with Gasteiger partial charge in [-0.1, -0.05) is 23.2 Å². The van der Waals surface area contributed by atoms with Gasteiger partial charge >= 0.3 is 12.2 Å². The summed E-state index contributed by atoms with van der Waals surface area (Å²) in [5.74, 6) is -1.37. The first-order valence-corrected chi connectivity index (χ1v) is 13.7. The molecule has 2 aliphatic rings. The zero-order valence-electron chi connectivity index (χ0n) is 21.7. The molecule has 2 aliphatic heterocycles. The number of benzene rings is 1. The SMILES string of the molecule is O=C(Nc1ccc(N2CCN(C(=O)Nc3cc(Cl)cc(Cl)c3)CC2)nc1)c1oc(N2CCCCC2)nc1C(F)(F)F. The number of hydrogen-bond acceptors (Lipinski definition) is 7. The van der Waals surface area contributed by atoms with Crippen molar-refractivity contribution in [3.8, 4) is 0 Å². The van der Waals surface area contributed by atoms with Crippen molar-refractivity contribution in [3.63, 3.8) is 0 Å². The normalized spacial score (nSPS) is 16.1. The number of oxazole rings is 1. The van der Waals surface area contributed by atoms with Gasteiger partial charge in [-0.25, -0.2) is 9.78 Å². The van der Waals surface area contributed by atoms with Gasteiger partial charge in [0.15, 0.2) is 5.69 Å². The Kier molecular flexibility index (Phi) is 8.45. The number of alkyl halides is 3. The van der Waals surface area contributed by atoms with Crippen LogP contribution < -0.4 is 20.4 Å². The highest BCUT2D eigenvalue weighted by molar-refractivity contribution is 6.35. The number of nitrogens with zero attached hydrogens (tertiary/aromatic N) is 5. The third-order valence-corrected chi connectivity index (χ3v) is 7.16. The average molecular weight is 612 g/mol. The van der Waals surface area contributed by atoms with Gasteiger partial charge < -0.3 is 29.8 Å². The van der Waals surface area contributed by atoms with Gasteiger partial charge in [0.25, 0.3) is 11.9 Å². The van der Waals surface area contributed by atoms with E-state index in [-0.39, 0.29) is 17.7 Å². The topological polar surface area (TPSA) is 107 Å². The number of piperidine rings is 1. The van der Waals surface area contributed by atoms with Crippen molar-refractivity contribution in [1.82, 2.24) is 14.9 Å². The number of pyridine rings is 1. The number of urea groups is 1. The van der Waals surface area contributed by atoms with Gasteiger partial charge in [0.2, 0.25) is 5.76 Å². The van der Waals surface area contributed by atoms with Crippen LogP contribution in [0.2, 0.25) is 10.0 Å². The number of carbonyl (C=O) groups excluding carboxylic acids is 2. The van der Waals surface area contributed by atoms with Crippen LogP contribution in [0, 0.1) is 0 Å². The molecular formula is C26H26Cl2F3N7O3. The molecule has 0 atom stereocenters. The highest BCUT2D eigenvalue weighted by atomic mass is 35.5. The van der Waals surface area contributed by atoms with E-state index in [2.05, 4.69) is 20.6 Å². The van der Waals surface area contributed by atoms with Crippen molar-refractivity contribution >= 4 is 58.3 Å². The lowest BCUT2D eigenvalue weighted by molar-refractivity contribution is -0.141. The molecule has 0 bridgehead atoms. The van der Waals surface area contributed by atoms with E-state index in [9.17, 15) is 22.8 Å². The summed E-state index contributed by atoms with van der Waals surface area (Å²) in [6.45, 7) is 2.86. The van der Waals surface area contributed by atoms with Gasteiger partial charge in [-0.3, -0.25) is 4.79 Å². The molecule has 4 heterocycles. The van der Waals surface area contributed by atoms with Crippen molar-refractivity contribution in [2.75, 3.05) is 59.7 Å². The summed E-state index contributed by atoms with van der Waals surface area (Å²) >= 11 is 12.0. The van der Waals surface area contributed by atoms with E-state index in [1.54, 1.807) is 34.1 Å². The molecule has 218 valence electrons. The van der Waals surface area contributed by atoms with Crippen molar-refractivity contribution < 1.29 is 27.2 Å². The third kappa shape index (κ3) is 6.96. The Labute approximate surface area is 243 Å². The first-order valence-electron chi connectivity index (χ1n) is 12.9. The molecule has 3 amide bonds. The van der Waals surface area contributed by atoms with E-state index in [1.807, 2.05) is 4.90 Å². The predicted octanol–water partition coefficient (Wildman–Crippen LogP) is 5.99. The van der Waals surface area contributed by atoms with Crippen LogP contribution in [0.25, 0.3) is 0 Å². The number of piperazine rings is 1. The zero-order chi connectivity index (χ0) is 29.1. The Hall–Kier alpha value is -3.71. The molecule has 0 aliphatic carbocycles. The van der Waals surface area contributed by atoms with Gasteiger partial charge in [-0.15, -0.1) is 0 Å². The van der Waals surface area contributed by atoms with Crippen LogP contribution >= 0.6 is 23.2 Å². The smallest absolute Gasteiger partial charge is 0.417 e. The van der Waals surface area contributed by atoms with Crippen molar-refractivity contribution in [2.45, 2.75) is 25.4 Å². The van der Waals surface area contributed by atoms with Crippen molar-refractivity contribution in [2.24, 2.45) is 0 Å². The quantitative estimate of drug-likeness (QED) is 0.365. The molecule has 5 rings (SSSR count). The molecule has 10 nitrogen and oxygen atoms in total. The number of amides is 3. The predicted molar refractivity (Wildman–Crippen MR) is 149 cm³/mol. The minimum Gasteiger partial charge on any atom is -0.417 e. The van der Waals surface area contributed by atoms with Gasteiger partial charge in [-0.05, 0) is 49.6 Å². The van der Waals surface area contributed by atoms with E-state index in [0.29, 0.717) is 60.8 Å². The maximum Gasteiger partial charge on any atom is 0.437 e. The molecule has 1 aromatic carbocycles. The van der Waals surface area contributed by atoms with Gasteiger partial charge in [0, 0.05) is 55.0 Å². The number of carbonyl (C=O) groups is 2. The summed E-state index contributed by atoms with van der Waals surface area (Å²) in [5.41, 5.74) is -0.675. The van der Waals surface area contributed by atoms with Crippen LogP contribution in [0.15, 0.2) is 40.9 Å². The van der Waals surface area contributed by atoms with Crippen molar-refractivity contribution in [3.05, 3.63) is 58.0 Å². The third-order valence-electron chi connectivity index (χ3n) is 6.73. The molecule has 2 fully saturated rings. The second-order valence-corrected chi connectivity index (χ2v) is 10.5. The minimum absolute atomic E-state index is 0.195. The van der Waals surface area contributed by atoms with Crippen LogP contribution in [0.5, 0.6) is 0 Å². The highest BCUT2D eigenvalue weighted by Gasteiger charge is 2.42. The molecular weight excluding hydrogens is 586 g/mol. The lowest BCUT2D eigenvalue weighted by atomic mass is 10.1. The second kappa shape index (κ2) is 12.0. The molecule has 2 N–H and O–H groups in total. The molecule has 0 unspecified atom stereocenters. The highest BCUT2D eigenvalue weighted by Crippen LogP contribution is 2.35. The molecule has 2 aromatic heterocycles. The second-order valence-electron chi connectivity index (χ2n) is 9.64. The van der Waals surface area contributed by atoms with Crippen LogP contribution in [0.4, 0.5) is 41.2 Å². The van der Waals surface area contributed by atoms with E-state index in [1.165, 1.54) is 12.3 Å². The van der Waals surface area contributed by atoms with Gasteiger partial charge in [0.05, 0.1) is 11.9 Å². The summed E-state index contributed by atoms with van der Waals surface area (Å²) < 4.78 is 46.2. The Bertz CT molecular complexity index is 1380. The fourth-order valence-electron chi connectivity index (χ4n) is 4.68. The number of aromatic nitrogens is 2. The minimum atomic E-state index is -4.85. The molecule has 0 spiro atoms. The first-order chi connectivity index (χ1) is 19.6. The first kappa shape index (κ1) is 28.8. The number of anilines is 4. The van der Waals surface area contributed by atoms with E-state index >= 15 is 0 Å². The maximum absolute atomic E-state index is 13.6. The fraction of sp³-hybridized carbons (Fsp3) is 0.385. The summed E-state index contributed by atoms with van der Waals surface area (Å²) in [6.07, 6.45) is -0.908. The number of nitrogens with one attached hydrogen (secondary N) is 2. The summed E-state index contributed by atoms with van der Waals surface area (Å²) in [6, 6.07) is 7.46. The van der Waals surface area contributed by atoms with Crippen molar-refractivity contribution in [1.29, 1.82) is 0 Å². The van der Waals surface area contributed by atoms with E-state index in [4.69, 9.17) is 27.6 Å². The zero-order valence-corrected chi connectivity index (χ0v) is 23.2. The average Bonchev–Trinajstić information content (AvgIpc) is 3.40. The summed E-state index contributed by atoms with van der Waals surface area (Å²) in [5, 5.41) is 6.02. The Balaban J connectivity index is 1.18. The summed E-state index contributed by atoms with van der Waals surface area (Å²) in [4.78, 5) is 38.6. The number of hydrogen-bond donors (Lipinski definition) is 2. The lowest BCUT2D eigenvalue weighted by Crippen LogP contribution is -2.50. The fourth-order valence-corrected chi connectivity index (χ4v) is 5.20. The standard InChI is InChI=1S/C26H26Cl2F3N7O3/c27-16-12-17(28)14-19(13-16)34-24(40)37-10-8-36(9-11-37)20-5-4-18(15-32-20)33-23(39)21-22(26(29,30)31)35-25(41-21)38-6-2-1-3-7-38/h4-5,12-15H,1-3,6-11H2,(H,33,39)(H,34,40). The molecule has 3 aromatic rings. The van der Waals surface area contributed by atoms with Gasteiger partial charge in [0.1, 0.15) is 5.82 Å². The molecule has 0 radical (unpaired) electrons. The molecule has 15 heteroatoms.